The SMILES string of the molecule is O=C(O)COc1cc2cc(c1)C(c1ccc(F)cc1)c1cc(OCC(=O)O)cc(c1)C(c1ccc(F)cc1)c1cc(OCC(=O)O)cc(c1)C(c1ccc(F)cc1)c1cc(OCC(=O)O)cc(c1)C2c1ccc(F)cc1. The van der Waals surface area contributed by atoms with Gasteiger partial charge in [-0.15, -0.1) is 0 Å². The highest BCUT2D eigenvalue weighted by molar-refractivity contribution is 5.70. The molecule has 76 heavy (non-hydrogen) atoms. The van der Waals surface area contributed by atoms with Crippen molar-refractivity contribution in [3.05, 3.63) is 260 Å². The molecule has 0 amide bonds. The maximum atomic E-state index is 14.9. The van der Waals surface area contributed by atoms with E-state index in [1.807, 2.05) is 0 Å². The van der Waals surface area contributed by atoms with Crippen molar-refractivity contribution in [2.45, 2.75) is 23.7 Å². The molecule has 0 saturated carbocycles. The van der Waals surface area contributed by atoms with E-state index in [0.717, 1.165) is 0 Å². The number of hydrogen-bond acceptors (Lipinski definition) is 8. The van der Waals surface area contributed by atoms with E-state index in [1.165, 1.54) is 48.5 Å². The Morgan fingerprint density at radius 1 is 0.276 bits per heavy atom. The predicted octanol–water partition coefficient (Wildman–Crippen LogP) is 11.1. The Morgan fingerprint density at radius 2 is 0.434 bits per heavy atom. The van der Waals surface area contributed by atoms with Crippen LogP contribution in [0.1, 0.15) is 90.4 Å². The molecular formula is C60H44F4O12. The highest BCUT2D eigenvalue weighted by atomic mass is 19.1. The first-order valence-electron chi connectivity index (χ1n) is 23.5. The highest BCUT2D eigenvalue weighted by Gasteiger charge is 2.30. The predicted molar refractivity (Wildman–Crippen MR) is 268 cm³/mol. The Labute approximate surface area is 431 Å². The number of hydrogen-bond donors (Lipinski definition) is 4. The van der Waals surface area contributed by atoms with Gasteiger partial charge >= 0.3 is 23.9 Å². The van der Waals surface area contributed by atoms with Gasteiger partial charge in [0, 0.05) is 23.7 Å². The summed E-state index contributed by atoms with van der Waals surface area (Å²) in [6.45, 7) is -3.15. The number of aliphatic carboxylic acids is 4. The van der Waals surface area contributed by atoms with Crippen LogP contribution in [0.3, 0.4) is 0 Å². The summed E-state index contributed by atoms with van der Waals surface area (Å²) in [5.74, 6) is -10.9. The minimum atomic E-state index is -1.30. The molecule has 1 aliphatic carbocycles. The molecule has 0 heterocycles. The molecule has 0 aromatic heterocycles. The van der Waals surface area contributed by atoms with Crippen molar-refractivity contribution in [2.75, 3.05) is 26.4 Å². The molecule has 9 rings (SSSR count). The third-order valence-corrected chi connectivity index (χ3v) is 12.7. The summed E-state index contributed by atoms with van der Waals surface area (Å²) in [7, 11) is 0. The van der Waals surface area contributed by atoms with Crippen LogP contribution in [0.15, 0.2) is 170 Å². The monoisotopic (exact) mass is 1030 g/mol. The summed E-state index contributed by atoms with van der Waals surface area (Å²) < 4.78 is 83.6. The molecule has 1 aliphatic rings. The Kier molecular flexibility index (Phi) is 15.1. The number of fused-ring (bicyclic) bond motifs is 8. The highest BCUT2D eigenvalue weighted by Crippen LogP contribution is 2.47. The van der Waals surface area contributed by atoms with Gasteiger partial charge in [0.25, 0.3) is 0 Å². The molecule has 8 aromatic carbocycles. The lowest BCUT2D eigenvalue weighted by Crippen LogP contribution is -2.15. The third kappa shape index (κ3) is 12.1. The Morgan fingerprint density at radius 3 is 0.579 bits per heavy atom. The van der Waals surface area contributed by atoms with Crippen LogP contribution in [0.5, 0.6) is 23.0 Å². The lowest BCUT2D eigenvalue weighted by atomic mass is 9.76. The van der Waals surface area contributed by atoms with Crippen molar-refractivity contribution in [3.8, 4) is 23.0 Å². The zero-order chi connectivity index (χ0) is 53.6. The maximum Gasteiger partial charge on any atom is 0.341 e. The second-order valence-corrected chi connectivity index (χ2v) is 18.0. The van der Waals surface area contributed by atoms with Gasteiger partial charge in [0.15, 0.2) is 26.4 Å². The smallest absolute Gasteiger partial charge is 0.341 e. The van der Waals surface area contributed by atoms with Gasteiger partial charge in [-0.3, -0.25) is 0 Å². The second-order valence-electron chi connectivity index (χ2n) is 18.0. The van der Waals surface area contributed by atoms with Crippen molar-refractivity contribution in [3.63, 3.8) is 0 Å². The van der Waals surface area contributed by atoms with Crippen LogP contribution in [0.25, 0.3) is 0 Å². The fourth-order valence-electron chi connectivity index (χ4n) is 9.76. The van der Waals surface area contributed by atoms with E-state index < -0.39 is 97.2 Å². The van der Waals surface area contributed by atoms with E-state index in [0.29, 0.717) is 66.8 Å². The minimum absolute atomic E-state index is 0.0597. The van der Waals surface area contributed by atoms with Crippen LogP contribution in [0.2, 0.25) is 0 Å². The average Bonchev–Trinajstić information content (AvgIpc) is 3.45. The molecule has 0 fully saturated rings. The molecule has 16 heteroatoms. The molecule has 8 bridgehead atoms. The Hall–Kier alpha value is -9.44. The van der Waals surface area contributed by atoms with Gasteiger partial charge in [-0.25, -0.2) is 36.7 Å². The number of benzene rings is 8. The number of carbonyl (C=O) groups is 4. The minimum Gasteiger partial charge on any atom is -0.482 e. The summed E-state index contributed by atoms with van der Waals surface area (Å²) in [6.07, 6.45) is 0. The number of carboxylic acids is 4. The standard InChI is InChI=1S/C60H44F4O12/c61-45-9-1-33(2-10-45)57-37-17-39(23-49(21-37)73-29-53(65)66)58(34-3-11-46(62)12-4-34)41-19-43(27-51(25-41)75-31-55(69)70)60(36-7-15-48(64)16-8-36)44-20-42(26-52(28-44)76-32-56(71)72)59(35-5-13-47(63)14-6-35)40-18-38(57)22-50(24-40)74-30-54(67)68/h1-28,57-60H,29-32H2,(H,65,66)(H,67,68)(H,69,70)(H,71,72). The van der Waals surface area contributed by atoms with Gasteiger partial charge in [-0.05, 0) is 164 Å². The van der Waals surface area contributed by atoms with E-state index >= 15 is 0 Å². The third-order valence-electron chi connectivity index (χ3n) is 12.7. The maximum absolute atomic E-state index is 14.9. The Bertz CT molecular complexity index is 2910. The van der Waals surface area contributed by atoms with Crippen LogP contribution >= 0.6 is 0 Å². The lowest BCUT2D eigenvalue weighted by Gasteiger charge is -2.29. The lowest BCUT2D eigenvalue weighted by molar-refractivity contribution is -0.140. The second kappa shape index (κ2) is 22.4. The normalized spacial score (nSPS) is 15.7. The molecule has 8 aromatic rings. The first-order valence-corrected chi connectivity index (χ1v) is 23.5. The molecule has 0 atom stereocenters. The van der Waals surface area contributed by atoms with Crippen LogP contribution in [0.4, 0.5) is 17.6 Å². The zero-order valence-corrected chi connectivity index (χ0v) is 39.9. The van der Waals surface area contributed by atoms with Crippen LogP contribution < -0.4 is 18.9 Å². The quantitative estimate of drug-likeness (QED) is 0.0672. The van der Waals surface area contributed by atoms with Gasteiger partial charge in [0.1, 0.15) is 46.3 Å². The van der Waals surface area contributed by atoms with Crippen molar-refractivity contribution < 1.29 is 76.1 Å². The van der Waals surface area contributed by atoms with Crippen LogP contribution in [-0.2, 0) is 19.2 Å². The van der Waals surface area contributed by atoms with Crippen LogP contribution in [0, 0.1) is 23.3 Å². The molecular weight excluding hydrogens is 989 g/mol. The van der Waals surface area contributed by atoms with E-state index in [-0.39, 0.29) is 23.0 Å². The molecule has 0 aliphatic heterocycles. The molecule has 0 radical (unpaired) electrons. The molecule has 384 valence electrons. The van der Waals surface area contributed by atoms with Gasteiger partial charge in [-0.2, -0.15) is 0 Å². The molecule has 4 N–H and O–H groups in total. The van der Waals surface area contributed by atoms with Crippen LogP contribution in [-0.4, -0.2) is 70.7 Å². The largest absolute Gasteiger partial charge is 0.482 e. The average molecular weight is 1030 g/mol. The topological polar surface area (TPSA) is 186 Å². The molecule has 0 unspecified atom stereocenters. The first-order chi connectivity index (χ1) is 36.5. The van der Waals surface area contributed by atoms with Crippen molar-refractivity contribution in [2.24, 2.45) is 0 Å². The van der Waals surface area contributed by atoms with Gasteiger partial charge in [0.2, 0.25) is 0 Å². The number of ether oxygens (including phenoxy) is 4. The van der Waals surface area contributed by atoms with Crippen molar-refractivity contribution in [1.29, 1.82) is 0 Å². The summed E-state index contributed by atoms with van der Waals surface area (Å²) >= 11 is 0. The first kappa shape index (κ1) is 51.5. The van der Waals surface area contributed by atoms with E-state index in [9.17, 15) is 57.2 Å². The molecule has 0 saturated heterocycles. The van der Waals surface area contributed by atoms with Crippen molar-refractivity contribution >= 4 is 23.9 Å². The van der Waals surface area contributed by atoms with Gasteiger partial charge < -0.3 is 39.4 Å². The summed E-state index contributed by atoms with van der Waals surface area (Å²) in [6, 6.07) is 42.4. The zero-order valence-electron chi connectivity index (χ0n) is 39.9. The fourth-order valence-corrected chi connectivity index (χ4v) is 9.76. The van der Waals surface area contributed by atoms with Gasteiger partial charge in [-0.1, -0.05) is 72.8 Å². The van der Waals surface area contributed by atoms with Crippen molar-refractivity contribution in [1.82, 2.24) is 0 Å². The summed E-state index contributed by atoms with van der Waals surface area (Å²) in [5.41, 5.74) is 5.38. The van der Waals surface area contributed by atoms with E-state index in [1.54, 1.807) is 121 Å². The van der Waals surface area contributed by atoms with E-state index in [2.05, 4.69) is 0 Å². The Balaban J connectivity index is 1.47. The number of halogens is 4. The number of carboxylic acid groups (broad SMARTS) is 4. The van der Waals surface area contributed by atoms with Gasteiger partial charge in [0.05, 0.1) is 0 Å². The fraction of sp³-hybridized carbons (Fsp3) is 0.133. The van der Waals surface area contributed by atoms with E-state index in [4.69, 9.17) is 18.9 Å². The molecule has 12 nitrogen and oxygen atoms in total. The summed E-state index contributed by atoms with van der Waals surface area (Å²) in [4.78, 5) is 48.5. The number of rotatable bonds is 16. The summed E-state index contributed by atoms with van der Waals surface area (Å²) in [5, 5.41) is 39.6. The molecule has 0 spiro atoms.